The highest BCUT2D eigenvalue weighted by molar-refractivity contribution is 4.77. The number of aliphatic hydroxyl groups excluding tert-OH is 7. The summed E-state index contributed by atoms with van der Waals surface area (Å²) in [4.78, 5) is 0. The smallest absolute Gasteiger partial charge is 0.146 e. The summed E-state index contributed by atoms with van der Waals surface area (Å²) in [6, 6.07) is 0. The van der Waals surface area contributed by atoms with Crippen molar-refractivity contribution in [1.82, 2.24) is 0 Å². The summed E-state index contributed by atoms with van der Waals surface area (Å²) in [5, 5.41) is 69.2. The molecule has 2 rings (SSSR count). The van der Waals surface area contributed by atoms with Crippen LogP contribution in [-0.2, 0) is 71.1 Å². The van der Waals surface area contributed by atoms with Crippen LogP contribution in [-0.4, -0.2) is 267 Å². The Bertz CT molecular complexity index is 1070. The lowest BCUT2D eigenvalue weighted by molar-refractivity contribution is -0.163. The number of aliphatic hydroxyl groups is 7. The fraction of sp³-hybridized carbons (Fsp3) is 1.00. The van der Waals surface area contributed by atoms with E-state index in [1.807, 2.05) is 34.6 Å². The summed E-state index contributed by atoms with van der Waals surface area (Å²) in [5.74, 6) is 0. The minimum Gasteiger partial charge on any atom is -0.394 e. The van der Waals surface area contributed by atoms with E-state index in [9.17, 15) is 30.6 Å². The molecule has 2 aliphatic rings. The maximum Gasteiger partial charge on any atom is 0.146 e. The lowest BCUT2D eigenvalue weighted by Crippen LogP contribution is -2.41. The number of rotatable bonds is 47. The van der Waals surface area contributed by atoms with Gasteiger partial charge in [0, 0.05) is 13.0 Å². The summed E-state index contributed by atoms with van der Waals surface area (Å²) < 4.78 is 85.5. The topological polar surface area (TPSA) is 287 Å². The molecule has 2 fully saturated rings. The summed E-state index contributed by atoms with van der Waals surface area (Å²) in [6.45, 7) is 11.1. The van der Waals surface area contributed by atoms with Gasteiger partial charge in [-0.3, -0.25) is 0 Å². The fourth-order valence-corrected chi connectivity index (χ4v) is 5.73. The molecule has 11 unspecified atom stereocenters. The molecule has 2 heterocycles. The highest BCUT2D eigenvalue weighted by atomic mass is 16.7. The third kappa shape index (κ3) is 33.6. The molecule has 0 radical (unpaired) electrons. The zero-order valence-corrected chi connectivity index (χ0v) is 38.7. The molecule has 0 aromatic rings. The minimum atomic E-state index is -1.10. The van der Waals surface area contributed by atoms with Gasteiger partial charge >= 0.3 is 0 Å². The van der Waals surface area contributed by atoms with Crippen LogP contribution < -0.4 is 0 Å². The van der Waals surface area contributed by atoms with Crippen LogP contribution in [0.15, 0.2) is 0 Å². The molecule has 0 saturated carbocycles. The lowest BCUT2D eigenvalue weighted by Gasteiger charge is -2.33. The average Bonchev–Trinajstić information content (AvgIpc) is 4.19. The molecule has 382 valence electrons. The Morgan fingerprint density at radius 2 is 0.891 bits per heavy atom. The van der Waals surface area contributed by atoms with Gasteiger partial charge in [-0.1, -0.05) is 0 Å². The largest absolute Gasteiger partial charge is 0.394 e. The third-order valence-electron chi connectivity index (χ3n) is 8.91. The van der Waals surface area contributed by atoms with Crippen LogP contribution >= 0.6 is 0 Å². The van der Waals surface area contributed by atoms with Gasteiger partial charge in [0.2, 0.25) is 0 Å². The molecule has 22 heteroatoms. The van der Waals surface area contributed by atoms with Crippen LogP contribution in [0.1, 0.15) is 41.0 Å². The van der Waals surface area contributed by atoms with E-state index in [0.29, 0.717) is 39.6 Å². The first-order chi connectivity index (χ1) is 30.7. The Morgan fingerprint density at radius 3 is 1.42 bits per heavy atom. The number of epoxide rings is 2. The average molecular weight is 939 g/mol. The van der Waals surface area contributed by atoms with Crippen LogP contribution in [0.3, 0.4) is 0 Å². The predicted molar refractivity (Wildman–Crippen MR) is 225 cm³/mol. The predicted octanol–water partition coefficient (Wildman–Crippen LogP) is -2.18. The zero-order valence-electron chi connectivity index (χ0n) is 38.7. The molecule has 0 aliphatic carbocycles. The Balaban J connectivity index is 2.00. The van der Waals surface area contributed by atoms with Gasteiger partial charge in [-0.15, -0.1) is 0 Å². The van der Waals surface area contributed by atoms with Gasteiger partial charge in [0.05, 0.1) is 157 Å². The number of ether oxygens (including phenoxy) is 15. The van der Waals surface area contributed by atoms with Gasteiger partial charge in [-0.05, 0) is 34.6 Å². The van der Waals surface area contributed by atoms with Crippen molar-refractivity contribution in [2.24, 2.45) is 0 Å². The van der Waals surface area contributed by atoms with Gasteiger partial charge < -0.3 is 107 Å². The van der Waals surface area contributed by atoms with E-state index < -0.39 is 67.6 Å². The van der Waals surface area contributed by atoms with Crippen LogP contribution in [0.5, 0.6) is 0 Å². The van der Waals surface area contributed by atoms with E-state index in [-0.39, 0.29) is 130 Å². The van der Waals surface area contributed by atoms with E-state index in [1.165, 1.54) is 0 Å². The molecule has 0 aromatic heterocycles. The van der Waals surface area contributed by atoms with E-state index in [0.717, 1.165) is 0 Å². The maximum atomic E-state index is 11.0. The molecular formula is C42H82O22. The highest BCUT2D eigenvalue weighted by Crippen LogP contribution is 2.21. The zero-order chi connectivity index (χ0) is 47.0. The Kier molecular flexibility index (Phi) is 33.5. The first-order valence-corrected chi connectivity index (χ1v) is 22.3. The van der Waals surface area contributed by atoms with Crippen LogP contribution in [0.2, 0.25) is 0 Å². The summed E-state index contributed by atoms with van der Waals surface area (Å²) in [6.07, 6.45) is -7.10. The van der Waals surface area contributed by atoms with Crippen molar-refractivity contribution in [3.8, 4) is 0 Å². The normalized spacial score (nSPS) is 20.8. The van der Waals surface area contributed by atoms with Crippen LogP contribution in [0.25, 0.3) is 0 Å². The number of hydrogen-bond donors (Lipinski definition) is 7. The Hall–Kier alpha value is -0.880. The molecule has 7 N–H and O–H groups in total. The molecule has 64 heavy (non-hydrogen) atoms. The van der Waals surface area contributed by atoms with Crippen molar-refractivity contribution in [2.75, 3.05) is 152 Å². The maximum absolute atomic E-state index is 11.0. The SMILES string of the molecule is CCOCOCC(COCC1CO1)OCC(COCC(COCC(O)CO)OC(C)(C)CC(O)COCC(COCC1CO1)OC(C)C)OCC(O)COCC(O)COCC(O)CO. The monoisotopic (exact) mass is 939 g/mol. The first-order valence-electron chi connectivity index (χ1n) is 22.3. The second-order valence-electron chi connectivity index (χ2n) is 16.7. The second-order valence-corrected chi connectivity index (χ2v) is 16.7. The van der Waals surface area contributed by atoms with Gasteiger partial charge in [-0.25, -0.2) is 0 Å². The van der Waals surface area contributed by atoms with Gasteiger partial charge in [0.25, 0.3) is 0 Å². The molecule has 0 aromatic carbocycles. The van der Waals surface area contributed by atoms with Gasteiger partial charge in [0.1, 0.15) is 67.8 Å². The number of hydrogen-bond acceptors (Lipinski definition) is 22. The molecule has 0 bridgehead atoms. The van der Waals surface area contributed by atoms with Crippen molar-refractivity contribution >= 4 is 0 Å². The van der Waals surface area contributed by atoms with Crippen molar-refractivity contribution in [3.05, 3.63) is 0 Å². The van der Waals surface area contributed by atoms with Crippen molar-refractivity contribution in [1.29, 1.82) is 0 Å². The van der Waals surface area contributed by atoms with Crippen molar-refractivity contribution in [2.45, 2.75) is 120 Å². The third-order valence-corrected chi connectivity index (χ3v) is 8.91. The molecule has 2 saturated heterocycles. The quantitative estimate of drug-likeness (QED) is 0.0194. The second kappa shape index (κ2) is 36.2. The highest BCUT2D eigenvalue weighted by Gasteiger charge is 2.29. The molecular weight excluding hydrogens is 856 g/mol. The minimum absolute atomic E-state index is 0.00178. The van der Waals surface area contributed by atoms with E-state index in [2.05, 4.69) is 0 Å². The molecule has 0 amide bonds. The van der Waals surface area contributed by atoms with Crippen molar-refractivity contribution < 1.29 is 107 Å². The van der Waals surface area contributed by atoms with E-state index in [1.54, 1.807) is 0 Å². The summed E-state index contributed by atoms with van der Waals surface area (Å²) in [7, 11) is 0. The lowest BCUT2D eigenvalue weighted by atomic mass is 10.0. The summed E-state index contributed by atoms with van der Waals surface area (Å²) in [5.41, 5.74) is -0.902. The van der Waals surface area contributed by atoms with Crippen LogP contribution in [0, 0.1) is 0 Å². The molecule has 0 spiro atoms. The van der Waals surface area contributed by atoms with E-state index >= 15 is 0 Å². The Morgan fingerprint density at radius 1 is 0.484 bits per heavy atom. The first kappa shape index (κ1) is 59.2. The standard InChI is InChI=1S/C42H82O22/c1-6-50-29-58-21-36(17-55-19-38-27-61-38)60-26-37(59-16-35(49)15-52-14-34(48)13-51-11-32(46)8-43)18-57-25-41(24-54-12-33(47)9-44)64-42(4,5)7-31(45)10-53-22-40(63-30(2)3)23-56-20-39-28-62-39/h30-41,43-49H,6-29H2,1-5H3. The molecule has 2 aliphatic heterocycles. The fourth-order valence-electron chi connectivity index (χ4n) is 5.73. The Labute approximate surface area is 378 Å². The van der Waals surface area contributed by atoms with Gasteiger partial charge in [-0.2, -0.15) is 0 Å². The summed E-state index contributed by atoms with van der Waals surface area (Å²) >= 11 is 0. The van der Waals surface area contributed by atoms with Crippen LogP contribution in [0.4, 0.5) is 0 Å². The van der Waals surface area contributed by atoms with Crippen molar-refractivity contribution in [3.63, 3.8) is 0 Å². The molecule has 22 nitrogen and oxygen atoms in total. The van der Waals surface area contributed by atoms with Gasteiger partial charge in [0.15, 0.2) is 0 Å². The molecule has 11 atom stereocenters. The van der Waals surface area contributed by atoms with E-state index in [4.69, 9.17) is 76.2 Å².